The third kappa shape index (κ3) is 5.01. The summed E-state index contributed by atoms with van der Waals surface area (Å²) in [5, 5.41) is 29.4. The van der Waals surface area contributed by atoms with E-state index in [1.54, 1.807) is 36.1 Å². The summed E-state index contributed by atoms with van der Waals surface area (Å²) in [6, 6.07) is 4.95. The largest absolute Gasteiger partial charge is 0.369 e. The van der Waals surface area contributed by atoms with Crippen molar-refractivity contribution in [3.05, 3.63) is 68.3 Å². The summed E-state index contributed by atoms with van der Waals surface area (Å²) in [5.41, 5.74) is -1.53. The molecule has 1 aromatic carbocycles. The summed E-state index contributed by atoms with van der Waals surface area (Å²) >= 11 is 0. The first-order chi connectivity index (χ1) is 15.1. The quantitative estimate of drug-likeness (QED) is 0.268. The van der Waals surface area contributed by atoms with Crippen LogP contribution in [0.1, 0.15) is 11.4 Å². The standard InChI is InChI=1S/C17H18N8O6S/c1-11-14(24(26)27)8-13(9-15(11)25(28)29)32(30,31)20-6-5-18-16-10-17(22-12(2)21-16)23-7-3-4-19-23/h3-4,7-10,20H,5-6H2,1-2H3,(H,18,21,22). The van der Waals surface area contributed by atoms with E-state index < -0.39 is 36.1 Å². The van der Waals surface area contributed by atoms with Crippen molar-refractivity contribution < 1.29 is 18.3 Å². The van der Waals surface area contributed by atoms with Crippen LogP contribution in [0.4, 0.5) is 17.2 Å². The zero-order valence-corrected chi connectivity index (χ0v) is 17.7. The van der Waals surface area contributed by atoms with Crippen molar-refractivity contribution in [1.82, 2.24) is 24.5 Å². The first kappa shape index (κ1) is 22.7. The van der Waals surface area contributed by atoms with Gasteiger partial charge in [-0.3, -0.25) is 20.2 Å². The van der Waals surface area contributed by atoms with Crippen LogP contribution in [0.3, 0.4) is 0 Å². The first-order valence-corrected chi connectivity index (χ1v) is 10.6. The number of benzene rings is 1. The number of aromatic nitrogens is 4. The predicted molar refractivity (Wildman–Crippen MR) is 112 cm³/mol. The Kier molecular flexibility index (Phi) is 6.40. The molecule has 0 radical (unpaired) electrons. The van der Waals surface area contributed by atoms with Crippen LogP contribution in [-0.4, -0.2) is 51.1 Å². The number of nitrogens with zero attached hydrogens (tertiary/aromatic N) is 6. The summed E-state index contributed by atoms with van der Waals surface area (Å²) in [6.07, 6.45) is 3.30. The van der Waals surface area contributed by atoms with Gasteiger partial charge in [-0.1, -0.05) is 0 Å². The summed E-state index contributed by atoms with van der Waals surface area (Å²) < 4.78 is 28.9. The fourth-order valence-electron chi connectivity index (χ4n) is 2.82. The van der Waals surface area contributed by atoms with Crippen molar-refractivity contribution >= 4 is 27.2 Å². The molecule has 0 spiro atoms. The number of nitro groups is 2. The lowest BCUT2D eigenvalue weighted by molar-refractivity contribution is -0.395. The van der Waals surface area contributed by atoms with Crippen molar-refractivity contribution in [2.24, 2.45) is 0 Å². The number of nitrogens with one attached hydrogen (secondary N) is 2. The molecule has 0 aliphatic carbocycles. The molecule has 3 aromatic rings. The first-order valence-electron chi connectivity index (χ1n) is 9.11. The molecule has 32 heavy (non-hydrogen) atoms. The molecule has 0 fully saturated rings. The van der Waals surface area contributed by atoms with Crippen LogP contribution in [-0.2, 0) is 10.0 Å². The van der Waals surface area contributed by atoms with Crippen LogP contribution in [0.2, 0.25) is 0 Å². The Labute approximate surface area is 181 Å². The van der Waals surface area contributed by atoms with E-state index in [1.807, 2.05) is 0 Å². The summed E-state index contributed by atoms with van der Waals surface area (Å²) in [5.74, 6) is 1.43. The topological polar surface area (TPSA) is 188 Å². The van der Waals surface area contributed by atoms with E-state index in [1.165, 1.54) is 6.92 Å². The fraction of sp³-hybridized carbons (Fsp3) is 0.235. The highest BCUT2D eigenvalue weighted by atomic mass is 32.2. The van der Waals surface area contributed by atoms with Gasteiger partial charge in [0.05, 0.1) is 14.7 Å². The van der Waals surface area contributed by atoms with Crippen molar-refractivity contribution in [3.63, 3.8) is 0 Å². The molecule has 15 heteroatoms. The van der Waals surface area contributed by atoms with Crippen LogP contribution >= 0.6 is 0 Å². The number of nitro benzene ring substituents is 2. The maximum atomic E-state index is 12.5. The SMILES string of the molecule is Cc1nc(NCCNS(=O)(=O)c2cc([N+](=O)[O-])c(C)c([N+](=O)[O-])c2)cc(-n2cccn2)n1. The molecule has 0 bridgehead atoms. The molecule has 0 saturated heterocycles. The minimum Gasteiger partial charge on any atom is -0.369 e. The van der Waals surface area contributed by atoms with E-state index in [2.05, 4.69) is 25.1 Å². The molecule has 0 atom stereocenters. The second-order valence-electron chi connectivity index (χ2n) is 6.53. The van der Waals surface area contributed by atoms with Crippen molar-refractivity contribution in [3.8, 4) is 5.82 Å². The van der Waals surface area contributed by atoms with Gasteiger partial charge in [0.2, 0.25) is 10.0 Å². The second-order valence-corrected chi connectivity index (χ2v) is 8.30. The number of hydrogen-bond acceptors (Lipinski definition) is 10. The highest BCUT2D eigenvalue weighted by molar-refractivity contribution is 7.89. The van der Waals surface area contributed by atoms with E-state index in [9.17, 15) is 28.6 Å². The number of hydrogen-bond donors (Lipinski definition) is 2. The van der Waals surface area contributed by atoms with Crippen LogP contribution in [0.15, 0.2) is 41.6 Å². The Bertz CT molecular complexity index is 1240. The smallest absolute Gasteiger partial charge is 0.280 e. The normalized spacial score (nSPS) is 11.3. The van der Waals surface area contributed by atoms with E-state index >= 15 is 0 Å². The monoisotopic (exact) mass is 462 g/mol. The molecule has 168 valence electrons. The van der Waals surface area contributed by atoms with Gasteiger partial charge in [0.1, 0.15) is 17.2 Å². The van der Waals surface area contributed by atoms with Gasteiger partial charge in [-0.05, 0) is 19.9 Å². The van der Waals surface area contributed by atoms with Gasteiger partial charge >= 0.3 is 0 Å². The molecule has 0 saturated carbocycles. The van der Waals surface area contributed by atoms with Gasteiger partial charge < -0.3 is 5.32 Å². The lowest BCUT2D eigenvalue weighted by atomic mass is 10.1. The Hall–Kier alpha value is -3.98. The summed E-state index contributed by atoms with van der Waals surface area (Å²) in [4.78, 5) is 28.5. The molecule has 14 nitrogen and oxygen atoms in total. The summed E-state index contributed by atoms with van der Waals surface area (Å²) in [6.45, 7) is 2.88. The molecule has 2 heterocycles. The molecular formula is C17H18N8O6S. The third-order valence-electron chi connectivity index (χ3n) is 4.32. The molecule has 3 rings (SSSR count). The molecule has 2 N–H and O–H groups in total. The molecule has 0 unspecified atom stereocenters. The average molecular weight is 462 g/mol. The maximum absolute atomic E-state index is 12.5. The van der Waals surface area contributed by atoms with Gasteiger partial charge in [0.25, 0.3) is 11.4 Å². The number of rotatable bonds is 9. The number of sulfonamides is 1. The van der Waals surface area contributed by atoms with E-state index in [4.69, 9.17) is 0 Å². The van der Waals surface area contributed by atoms with E-state index in [0.717, 1.165) is 12.1 Å². The highest BCUT2D eigenvalue weighted by Crippen LogP contribution is 2.31. The lowest BCUT2D eigenvalue weighted by Crippen LogP contribution is -2.29. The predicted octanol–water partition coefficient (Wildman–Crippen LogP) is 1.49. The molecule has 0 amide bonds. The van der Waals surface area contributed by atoms with Crippen molar-refractivity contribution in [1.29, 1.82) is 0 Å². The average Bonchev–Trinajstić information content (AvgIpc) is 3.25. The van der Waals surface area contributed by atoms with Crippen LogP contribution < -0.4 is 10.0 Å². The highest BCUT2D eigenvalue weighted by Gasteiger charge is 2.27. The maximum Gasteiger partial charge on any atom is 0.280 e. The number of anilines is 1. The Morgan fingerprint density at radius 1 is 1.03 bits per heavy atom. The Morgan fingerprint density at radius 3 is 2.25 bits per heavy atom. The zero-order valence-electron chi connectivity index (χ0n) is 16.9. The minimum absolute atomic E-state index is 0.113. The third-order valence-corrected chi connectivity index (χ3v) is 5.76. The molecule has 0 aliphatic heterocycles. The van der Waals surface area contributed by atoms with Gasteiger partial charge in [-0.15, -0.1) is 0 Å². The van der Waals surface area contributed by atoms with Crippen molar-refractivity contribution in [2.45, 2.75) is 18.7 Å². The van der Waals surface area contributed by atoms with Gasteiger partial charge in [0.15, 0.2) is 5.82 Å². The molecule has 2 aromatic heterocycles. The van der Waals surface area contributed by atoms with Gasteiger partial charge in [-0.25, -0.2) is 27.8 Å². The Morgan fingerprint density at radius 2 is 1.69 bits per heavy atom. The minimum atomic E-state index is -4.24. The van der Waals surface area contributed by atoms with E-state index in [0.29, 0.717) is 17.5 Å². The molecule has 0 aliphatic rings. The molecular weight excluding hydrogens is 444 g/mol. The van der Waals surface area contributed by atoms with Crippen LogP contribution in [0.25, 0.3) is 5.82 Å². The fourth-order valence-corrected chi connectivity index (χ4v) is 3.89. The second kappa shape index (κ2) is 9.03. The Balaban J connectivity index is 1.71. The van der Waals surface area contributed by atoms with E-state index in [-0.39, 0.29) is 18.7 Å². The zero-order chi connectivity index (χ0) is 23.5. The summed E-state index contributed by atoms with van der Waals surface area (Å²) in [7, 11) is -4.24. The van der Waals surface area contributed by atoms with Crippen LogP contribution in [0, 0.1) is 34.1 Å². The van der Waals surface area contributed by atoms with Gasteiger partial charge in [-0.2, -0.15) is 5.10 Å². The number of aryl methyl sites for hydroxylation is 1. The van der Waals surface area contributed by atoms with Crippen molar-refractivity contribution in [2.75, 3.05) is 18.4 Å². The lowest BCUT2D eigenvalue weighted by Gasteiger charge is -2.10. The van der Waals surface area contributed by atoms with Gasteiger partial charge in [0, 0.05) is 43.7 Å². The van der Waals surface area contributed by atoms with Crippen LogP contribution in [0.5, 0.6) is 0 Å².